The first-order valence-electron chi connectivity index (χ1n) is 18.0. The number of hydrogen-bond donors (Lipinski definition) is 7. The van der Waals surface area contributed by atoms with E-state index in [2.05, 4.69) is 36.9 Å². The molecule has 49 heavy (non-hydrogen) atoms. The number of amides is 1. The number of nitrogens with zero attached hydrogens (tertiary/aromatic N) is 6. The van der Waals surface area contributed by atoms with Gasteiger partial charge in [0.05, 0.1) is 24.4 Å². The van der Waals surface area contributed by atoms with Crippen LogP contribution < -0.4 is 26.6 Å². The summed E-state index contributed by atoms with van der Waals surface area (Å²) in [5.41, 5.74) is 1.66. The molecule has 5 rings (SSSR count). The first-order chi connectivity index (χ1) is 23.8. The standard InChI is InChI=1S/C33H54N11O4P/c45-31(12-18-35-19-23-49(46,47)48)43-21-13-27(14-22-43)38-32-29-10-4-5-11-30(29)39-33(40-32)37-24-28-25-44(42-41-28)20-7-16-34-15-6-17-36-26-8-2-1-3-9-26/h4-5,10-11,25-27,34-36H,1-3,6-9,12-24H2,(H2,46,47,48)(H2,37,38,39,40). The molecule has 1 amide bonds. The van der Waals surface area contributed by atoms with Crippen molar-refractivity contribution in [3.8, 4) is 0 Å². The van der Waals surface area contributed by atoms with Crippen molar-refractivity contribution in [1.82, 2.24) is 45.8 Å². The molecule has 1 aliphatic heterocycles. The maximum atomic E-state index is 12.7. The second-order valence-electron chi connectivity index (χ2n) is 13.2. The summed E-state index contributed by atoms with van der Waals surface area (Å²) in [4.78, 5) is 42.0. The van der Waals surface area contributed by atoms with Crippen molar-refractivity contribution in [2.45, 2.75) is 89.4 Å². The molecule has 2 aromatic heterocycles. The molecule has 0 bridgehead atoms. The Labute approximate surface area is 289 Å². The van der Waals surface area contributed by atoms with Gasteiger partial charge in [-0.05, 0) is 70.3 Å². The number of fused-ring (bicyclic) bond motifs is 1. The van der Waals surface area contributed by atoms with E-state index in [0.29, 0.717) is 38.5 Å². The van der Waals surface area contributed by atoms with Gasteiger partial charge in [-0.1, -0.05) is 36.6 Å². The Kier molecular flexibility index (Phi) is 14.6. The largest absolute Gasteiger partial charge is 0.367 e. The van der Waals surface area contributed by atoms with Crippen LogP contribution in [-0.4, -0.2) is 110 Å². The highest BCUT2D eigenvalue weighted by Gasteiger charge is 2.24. The number of carbonyl (C=O) groups excluding carboxylic acids is 1. The number of rotatable bonds is 20. The summed E-state index contributed by atoms with van der Waals surface area (Å²) in [5, 5.41) is 26.7. The highest BCUT2D eigenvalue weighted by Crippen LogP contribution is 2.32. The van der Waals surface area contributed by atoms with Crippen LogP contribution in [0.1, 0.15) is 69.9 Å². The minimum absolute atomic E-state index is 0.0442. The second-order valence-corrected chi connectivity index (χ2v) is 14.9. The molecular weight excluding hydrogens is 645 g/mol. The topological polar surface area (TPSA) is 194 Å². The van der Waals surface area contributed by atoms with Crippen LogP contribution in [0.25, 0.3) is 10.9 Å². The van der Waals surface area contributed by atoms with Crippen molar-refractivity contribution in [1.29, 1.82) is 0 Å². The van der Waals surface area contributed by atoms with Crippen LogP contribution in [0.5, 0.6) is 0 Å². The zero-order valence-corrected chi connectivity index (χ0v) is 29.4. The molecule has 1 aliphatic carbocycles. The number of aromatic nitrogens is 5. The zero-order chi connectivity index (χ0) is 34.3. The Morgan fingerprint density at radius 3 is 2.49 bits per heavy atom. The SMILES string of the molecule is O=C(CCNCCP(=O)(O)O)N1CCC(Nc2nc(NCc3cn(CCCNCCCNC4CCCCC4)nn3)nc3ccccc23)CC1. The predicted molar refractivity (Wildman–Crippen MR) is 191 cm³/mol. The number of piperidine rings is 1. The van der Waals surface area contributed by atoms with E-state index in [4.69, 9.17) is 19.8 Å². The van der Waals surface area contributed by atoms with E-state index in [1.54, 1.807) is 0 Å². The molecule has 0 spiro atoms. The van der Waals surface area contributed by atoms with Crippen molar-refractivity contribution in [2.75, 3.05) is 62.6 Å². The summed E-state index contributed by atoms with van der Waals surface area (Å²) in [6.45, 7) is 6.18. The van der Waals surface area contributed by atoms with E-state index >= 15 is 0 Å². The number of nitrogens with one attached hydrogen (secondary N) is 5. The molecule has 1 saturated heterocycles. The van der Waals surface area contributed by atoms with Crippen LogP contribution in [0.3, 0.4) is 0 Å². The molecule has 270 valence electrons. The summed E-state index contributed by atoms with van der Waals surface area (Å²) in [5.74, 6) is 1.31. The number of likely N-dealkylation sites (tertiary alicyclic amines) is 1. The maximum absolute atomic E-state index is 12.7. The Balaban J connectivity index is 1.01. The van der Waals surface area contributed by atoms with Gasteiger partial charge < -0.3 is 41.3 Å². The molecule has 2 aliphatic rings. The molecule has 0 unspecified atom stereocenters. The summed E-state index contributed by atoms with van der Waals surface area (Å²) in [6, 6.07) is 8.80. The number of hydrogen-bond acceptors (Lipinski definition) is 11. The molecule has 0 radical (unpaired) electrons. The van der Waals surface area contributed by atoms with Crippen molar-refractivity contribution in [3.05, 3.63) is 36.2 Å². The van der Waals surface area contributed by atoms with Crippen LogP contribution in [-0.2, 0) is 22.4 Å². The highest BCUT2D eigenvalue weighted by atomic mass is 31.2. The number of benzene rings is 1. The van der Waals surface area contributed by atoms with Gasteiger partial charge in [-0.3, -0.25) is 14.0 Å². The molecule has 0 atom stereocenters. The van der Waals surface area contributed by atoms with Crippen LogP contribution in [0.2, 0.25) is 0 Å². The number of para-hydroxylation sites is 1. The van der Waals surface area contributed by atoms with Crippen LogP contribution >= 0.6 is 7.60 Å². The predicted octanol–water partition coefficient (Wildman–Crippen LogP) is 2.69. The van der Waals surface area contributed by atoms with Gasteiger partial charge in [0.25, 0.3) is 0 Å². The Morgan fingerprint density at radius 1 is 0.898 bits per heavy atom. The van der Waals surface area contributed by atoms with E-state index in [0.717, 1.165) is 80.3 Å². The molecule has 3 heterocycles. The van der Waals surface area contributed by atoms with E-state index in [1.807, 2.05) is 40.0 Å². The molecule has 7 N–H and O–H groups in total. The van der Waals surface area contributed by atoms with Crippen LogP contribution in [0, 0.1) is 0 Å². The lowest BCUT2D eigenvalue weighted by atomic mass is 9.95. The van der Waals surface area contributed by atoms with E-state index in [-0.39, 0.29) is 24.7 Å². The number of aryl methyl sites for hydroxylation is 1. The quantitative estimate of drug-likeness (QED) is 0.0673. The first kappa shape index (κ1) is 37.1. The van der Waals surface area contributed by atoms with Crippen LogP contribution in [0.15, 0.2) is 30.5 Å². The minimum atomic E-state index is -4.03. The van der Waals surface area contributed by atoms with Gasteiger partial charge in [0, 0.05) is 56.6 Å². The van der Waals surface area contributed by atoms with Gasteiger partial charge in [0.1, 0.15) is 11.5 Å². The molecule has 2 fully saturated rings. The Morgan fingerprint density at radius 2 is 1.67 bits per heavy atom. The second kappa shape index (κ2) is 19.3. The molecule has 15 nitrogen and oxygen atoms in total. The lowest BCUT2D eigenvalue weighted by molar-refractivity contribution is -0.132. The van der Waals surface area contributed by atoms with Gasteiger partial charge in [0.2, 0.25) is 11.9 Å². The fourth-order valence-electron chi connectivity index (χ4n) is 6.45. The van der Waals surface area contributed by atoms with Crippen molar-refractivity contribution in [2.24, 2.45) is 0 Å². The van der Waals surface area contributed by atoms with E-state index < -0.39 is 7.60 Å². The van der Waals surface area contributed by atoms with Crippen LogP contribution in [0.4, 0.5) is 11.8 Å². The molecule has 3 aromatic rings. The van der Waals surface area contributed by atoms with Gasteiger partial charge in [0.15, 0.2) is 0 Å². The first-order valence-corrected chi connectivity index (χ1v) is 19.8. The molecule has 1 saturated carbocycles. The molecular formula is C33H54N11O4P. The van der Waals surface area contributed by atoms with Crippen molar-refractivity contribution in [3.63, 3.8) is 0 Å². The Hall–Kier alpha value is -3.20. The van der Waals surface area contributed by atoms with Crippen molar-refractivity contribution >= 4 is 36.2 Å². The average Bonchev–Trinajstić information content (AvgIpc) is 3.56. The monoisotopic (exact) mass is 699 g/mol. The average molecular weight is 700 g/mol. The van der Waals surface area contributed by atoms with Gasteiger partial charge in [-0.25, -0.2) is 4.98 Å². The summed E-state index contributed by atoms with van der Waals surface area (Å²) in [7, 11) is -4.03. The Bertz CT molecular complexity index is 1490. The van der Waals surface area contributed by atoms with Gasteiger partial charge in [-0.15, -0.1) is 5.10 Å². The summed E-state index contributed by atoms with van der Waals surface area (Å²) in [6.07, 6.45) is 12.5. The molecule has 1 aromatic carbocycles. The van der Waals surface area contributed by atoms with E-state index in [9.17, 15) is 9.36 Å². The minimum Gasteiger partial charge on any atom is -0.367 e. The smallest absolute Gasteiger partial charge is 0.326 e. The van der Waals surface area contributed by atoms with E-state index in [1.165, 1.54) is 32.1 Å². The zero-order valence-electron chi connectivity index (χ0n) is 28.5. The fourth-order valence-corrected chi connectivity index (χ4v) is 6.90. The number of carbonyl (C=O) groups is 1. The van der Waals surface area contributed by atoms with Crippen molar-refractivity contribution < 1.29 is 19.1 Å². The number of anilines is 2. The highest BCUT2D eigenvalue weighted by molar-refractivity contribution is 7.51. The third kappa shape index (κ3) is 12.9. The van der Waals surface area contributed by atoms with Gasteiger partial charge in [-0.2, -0.15) is 4.98 Å². The lowest BCUT2D eigenvalue weighted by Crippen LogP contribution is -2.43. The maximum Gasteiger partial charge on any atom is 0.326 e. The molecule has 16 heteroatoms. The summed E-state index contributed by atoms with van der Waals surface area (Å²) < 4.78 is 12.9. The summed E-state index contributed by atoms with van der Waals surface area (Å²) >= 11 is 0. The lowest BCUT2D eigenvalue weighted by Gasteiger charge is -2.33. The third-order valence-corrected chi connectivity index (χ3v) is 10.0. The van der Waals surface area contributed by atoms with Gasteiger partial charge >= 0.3 is 7.60 Å². The third-order valence-electron chi connectivity index (χ3n) is 9.21. The fraction of sp³-hybridized carbons (Fsp3) is 0.667. The normalized spacial score (nSPS) is 16.3.